The van der Waals surface area contributed by atoms with Crippen molar-refractivity contribution in [1.82, 2.24) is 5.32 Å². The van der Waals surface area contributed by atoms with Crippen LogP contribution in [0.2, 0.25) is 5.02 Å². The molecule has 0 bridgehead atoms. The molecule has 4 heteroatoms. The maximum absolute atomic E-state index is 8.77. The first-order chi connectivity index (χ1) is 9.22. The number of hydrogen-bond donors (Lipinski definition) is 1. The summed E-state index contributed by atoms with van der Waals surface area (Å²) in [5.74, 6) is 1.26. The van der Waals surface area contributed by atoms with Crippen molar-refractivity contribution in [2.75, 3.05) is 7.05 Å². The zero-order valence-corrected chi connectivity index (χ0v) is 11.2. The second kappa shape index (κ2) is 6.24. The number of benzene rings is 2. The fourth-order valence-corrected chi connectivity index (χ4v) is 1.88. The molecule has 96 valence electrons. The van der Waals surface area contributed by atoms with Gasteiger partial charge in [0.2, 0.25) is 0 Å². The number of nitriles is 1. The van der Waals surface area contributed by atoms with E-state index in [-0.39, 0.29) is 0 Å². The summed E-state index contributed by atoms with van der Waals surface area (Å²) in [4.78, 5) is 0. The van der Waals surface area contributed by atoms with Gasteiger partial charge < -0.3 is 10.1 Å². The van der Waals surface area contributed by atoms with E-state index in [2.05, 4.69) is 5.32 Å². The van der Waals surface area contributed by atoms with E-state index in [0.29, 0.717) is 22.1 Å². The van der Waals surface area contributed by atoms with Crippen LogP contribution in [0, 0.1) is 11.3 Å². The summed E-state index contributed by atoms with van der Waals surface area (Å²) in [6, 6.07) is 14.8. The van der Waals surface area contributed by atoms with Crippen LogP contribution in [0.3, 0.4) is 0 Å². The largest absolute Gasteiger partial charge is 0.456 e. The Kier molecular flexibility index (Phi) is 4.40. The molecule has 0 aliphatic heterocycles. The molecule has 2 rings (SSSR count). The maximum atomic E-state index is 8.77. The molecule has 2 aromatic rings. The second-order valence-corrected chi connectivity index (χ2v) is 4.44. The van der Waals surface area contributed by atoms with Gasteiger partial charge in [-0.05, 0) is 42.9 Å². The number of ether oxygens (including phenoxy) is 1. The van der Waals surface area contributed by atoms with E-state index < -0.39 is 0 Å². The Morgan fingerprint density at radius 3 is 2.53 bits per heavy atom. The third kappa shape index (κ3) is 3.47. The lowest BCUT2D eigenvalue weighted by Crippen LogP contribution is -2.04. The van der Waals surface area contributed by atoms with Gasteiger partial charge in [0.15, 0.2) is 0 Å². The van der Waals surface area contributed by atoms with Crippen LogP contribution in [-0.4, -0.2) is 7.05 Å². The van der Waals surface area contributed by atoms with Gasteiger partial charge in [-0.1, -0.05) is 23.7 Å². The summed E-state index contributed by atoms with van der Waals surface area (Å²) in [7, 11) is 1.90. The minimum atomic E-state index is 0.429. The molecule has 19 heavy (non-hydrogen) atoms. The molecule has 2 aromatic carbocycles. The highest BCUT2D eigenvalue weighted by Gasteiger charge is 2.04. The summed E-state index contributed by atoms with van der Waals surface area (Å²) < 4.78 is 5.68. The Bertz CT molecular complexity index is 603. The molecular formula is C15H13ClN2O. The van der Waals surface area contributed by atoms with Gasteiger partial charge in [-0.3, -0.25) is 0 Å². The van der Waals surface area contributed by atoms with Gasteiger partial charge in [0.1, 0.15) is 11.5 Å². The van der Waals surface area contributed by atoms with E-state index in [1.54, 1.807) is 18.2 Å². The van der Waals surface area contributed by atoms with Crippen molar-refractivity contribution in [2.45, 2.75) is 6.54 Å². The lowest BCUT2D eigenvalue weighted by Gasteiger charge is -2.08. The molecule has 0 atom stereocenters. The third-order valence-corrected chi connectivity index (χ3v) is 2.89. The van der Waals surface area contributed by atoms with E-state index in [9.17, 15) is 0 Å². The van der Waals surface area contributed by atoms with Gasteiger partial charge in [-0.15, -0.1) is 0 Å². The average molecular weight is 273 g/mol. The topological polar surface area (TPSA) is 45.0 Å². The van der Waals surface area contributed by atoms with Crippen LogP contribution in [0.25, 0.3) is 0 Å². The summed E-state index contributed by atoms with van der Waals surface area (Å²) in [6.45, 7) is 0.817. The minimum Gasteiger partial charge on any atom is -0.456 e. The van der Waals surface area contributed by atoms with Gasteiger partial charge in [-0.25, -0.2) is 0 Å². The van der Waals surface area contributed by atoms with Crippen LogP contribution >= 0.6 is 11.6 Å². The molecule has 1 N–H and O–H groups in total. The Balaban J connectivity index is 2.15. The summed E-state index contributed by atoms with van der Waals surface area (Å²) in [6.07, 6.45) is 0. The molecule has 0 saturated heterocycles. The average Bonchev–Trinajstić information content (AvgIpc) is 2.43. The quantitative estimate of drug-likeness (QED) is 0.922. The zero-order valence-electron chi connectivity index (χ0n) is 10.5. The van der Waals surface area contributed by atoms with Crippen molar-refractivity contribution in [1.29, 1.82) is 5.26 Å². The van der Waals surface area contributed by atoms with Crippen molar-refractivity contribution in [2.24, 2.45) is 0 Å². The van der Waals surface area contributed by atoms with Crippen molar-refractivity contribution < 1.29 is 4.74 Å². The molecule has 0 spiro atoms. The van der Waals surface area contributed by atoms with Gasteiger partial charge in [0.25, 0.3) is 0 Å². The second-order valence-electron chi connectivity index (χ2n) is 4.03. The minimum absolute atomic E-state index is 0.429. The van der Waals surface area contributed by atoms with Crippen LogP contribution < -0.4 is 10.1 Å². The molecule has 0 heterocycles. The van der Waals surface area contributed by atoms with Crippen LogP contribution in [0.4, 0.5) is 0 Å². The number of halogens is 1. The van der Waals surface area contributed by atoms with Gasteiger partial charge in [-0.2, -0.15) is 5.26 Å². The number of nitrogens with one attached hydrogen (secondary N) is 1. The molecule has 0 aliphatic rings. The molecular weight excluding hydrogens is 260 g/mol. The van der Waals surface area contributed by atoms with Crippen LogP contribution in [0.1, 0.15) is 11.1 Å². The fraction of sp³-hybridized carbons (Fsp3) is 0.133. The predicted molar refractivity (Wildman–Crippen MR) is 75.4 cm³/mol. The molecule has 0 fully saturated rings. The lowest BCUT2D eigenvalue weighted by molar-refractivity contribution is 0.482. The molecule has 0 amide bonds. The fourth-order valence-electron chi connectivity index (χ4n) is 1.66. The van der Waals surface area contributed by atoms with Gasteiger partial charge in [0, 0.05) is 6.54 Å². The predicted octanol–water partition coefficient (Wildman–Crippen LogP) is 3.72. The number of rotatable bonds is 4. The van der Waals surface area contributed by atoms with Crippen molar-refractivity contribution in [3.05, 3.63) is 58.6 Å². The first kappa shape index (κ1) is 13.4. The van der Waals surface area contributed by atoms with Crippen molar-refractivity contribution in [3.8, 4) is 17.6 Å². The SMILES string of the molecule is CNCc1ccc(Oc2ccc(C#N)cc2Cl)cc1. The first-order valence-electron chi connectivity index (χ1n) is 5.84. The molecule has 0 unspecified atom stereocenters. The third-order valence-electron chi connectivity index (χ3n) is 2.59. The summed E-state index contributed by atoms with van der Waals surface area (Å²) in [5, 5.41) is 12.3. The van der Waals surface area contributed by atoms with E-state index in [1.807, 2.05) is 37.4 Å². The smallest absolute Gasteiger partial charge is 0.146 e. The number of nitrogens with zero attached hydrogens (tertiary/aromatic N) is 1. The molecule has 0 saturated carbocycles. The Morgan fingerprint density at radius 1 is 1.21 bits per heavy atom. The summed E-state index contributed by atoms with van der Waals surface area (Å²) >= 11 is 6.05. The Labute approximate surface area is 117 Å². The molecule has 0 aromatic heterocycles. The highest BCUT2D eigenvalue weighted by molar-refractivity contribution is 6.32. The summed E-state index contributed by atoms with van der Waals surface area (Å²) in [5.41, 5.74) is 1.70. The van der Waals surface area contributed by atoms with Gasteiger partial charge in [0.05, 0.1) is 16.7 Å². The van der Waals surface area contributed by atoms with Crippen LogP contribution in [-0.2, 0) is 6.54 Å². The standard InChI is InChI=1S/C15H13ClN2O/c1-18-10-11-2-5-13(6-3-11)19-15-7-4-12(9-17)8-14(15)16/h2-8,18H,10H2,1H3. The van der Waals surface area contributed by atoms with E-state index in [4.69, 9.17) is 21.6 Å². The number of hydrogen-bond acceptors (Lipinski definition) is 3. The highest BCUT2D eigenvalue weighted by Crippen LogP contribution is 2.30. The Hall–Kier alpha value is -2.02. The molecule has 0 aliphatic carbocycles. The van der Waals surface area contributed by atoms with Crippen LogP contribution in [0.15, 0.2) is 42.5 Å². The zero-order chi connectivity index (χ0) is 13.7. The van der Waals surface area contributed by atoms with Crippen molar-refractivity contribution in [3.63, 3.8) is 0 Å². The van der Waals surface area contributed by atoms with Crippen molar-refractivity contribution >= 4 is 11.6 Å². The lowest BCUT2D eigenvalue weighted by atomic mass is 10.2. The van der Waals surface area contributed by atoms with Crippen LogP contribution in [0.5, 0.6) is 11.5 Å². The highest BCUT2D eigenvalue weighted by atomic mass is 35.5. The monoisotopic (exact) mass is 272 g/mol. The van der Waals surface area contributed by atoms with Gasteiger partial charge >= 0.3 is 0 Å². The normalized spacial score (nSPS) is 9.95. The van der Waals surface area contributed by atoms with E-state index in [0.717, 1.165) is 6.54 Å². The maximum Gasteiger partial charge on any atom is 0.146 e. The molecule has 3 nitrogen and oxygen atoms in total. The first-order valence-corrected chi connectivity index (χ1v) is 6.22. The Morgan fingerprint density at radius 2 is 1.95 bits per heavy atom. The van der Waals surface area contributed by atoms with E-state index >= 15 is 0 Å². The van der Waals surface area contributed by atoms with E-state index in [1.165, 1.54) is 5.56 Å². The molecule has 0 radical (unpaired) electrons.